The molecule has 0 atom stereocenters. The van der Waals surface area contributed by atoms with Gasteiger partial charge in [-0.05, 0) is 29.8 Å². The van der Waals surface area contributed by atoms with Gasteiger partial charge in [-0.1, -0.05) is 23.7 Å². The van der Waals surface area contributed by atoms with Crippen LogP contribution in [0.5, 0.6) is 5.75 Å². The first kappa shape index (κ1) is 13.0. The average Bonchev–Trinajstić information content (AvgIpc) is 2.89. The summed E-state index contributed by atoms with van der Waals surface area (Å²) in [4.78, 5) is 4.45. The standard InChI is InChI=1S/C15H14ClN3O/c16-12-4-1-3-11(7-12)10-20-14-5-2-6-19-9-13(8-17)18-15(14)19/h1-7,9H,8,10,17H2. The van der Waals surface area contributed by atoms with Crippen LogP contribution in [0.2, 0.25) is 5.02 Å². The molecule has 0 saturated heterocycles. The highest BCUT2D eigenvalue weighted by atomic mass is 35.5. The molecule has 2 heterocycles. The number of hydrogen-bond donors (Lipinski definition) is 1. The summed E-state index contributed by atoms with van der Waals surface area (Å²) < 4.78 is 7.75. The summed E-state index contributed by atoms with van der Waals surface area (Å²) in [5, 5.41) is 0.704. The smallest absolute Gasteiger partial charge is 0.179 e. The largest absolute Gasteiger partial charge is 0.485 e. The van der Waals surface area contributed by atoms with Gasteiger partial charge in [0.25, 0.3) is 0 Å². The number of nitrogens with two attached hydrogens (primary N) is 1. The normalized spacial score (nSPS) is 10.9. The van der Waals surface area contributed by atoms with Crippen LogP contribution in [0.4, 0.5) is 0 Å². The van der Waals surface area contributed by atoms with Crippen LogP contribution in [0.25, 0.3) is 5.65 Å². The second kappa shape index (κ2) is 5.53. The van der Waals surface area contributed by atoms with Gasteiger partial charge in [-0.2, -0.15) is 0 Å². The number of aromatic nitrogens is 2. The van der Waals surface area contributed by atoms with Crippen molar-refractivity contribution in [3.05, 3.63) is 65.1 Å². The Hall–Kier alpha value is -2.04. The molecule has 102 valence electrons. The molecule has 20 heavy (non-hydrogen) atoms. The zero-order valence-corrected chi connectivity index (χ0v) is 11.5. The van der Waals surface area contributed by atoms with Gasteiger partial charge in [0.05, 0.1) is 5.69 Å². The molecule has 2 aromatic heterocycles. The Kier molecular flexibility index (Phi) is 3.58. The molecule has 5 heteroatoms. The number of rotatable bonds is 4. The number of ether oxygens (including phenoxy) is 1. The Morgan fingerprint density at radius 1 is 1.25 bits per heavy atom. The Morgan fingerprint density at radius 3 is 2.95 bits per heavy atom. The van der Waals surface area contributed by atoms with E-state index in [1.165, 1.54) is 0 Å². The highest BCUT2D eigenvalue weighted by Gasteiger charge is 2.06. The second-order valence-electron chi connectivity index (χ2n) is 4.46. The molecule has 0 amide bonds. The lowest BCUT2D eigenvalue weighted by Gasteiger charge is -2.07. The van der Waals surface area contributed by atoms with Crippen molar-refractivity contribution in [1.29, 1.82) is 0 Å². The van der Waals surface area contributed by atoms with Crippen molar-refractivity contribution in [3.8, 4) is 5.75 Å². The van der Waals surface area contributed by atoms with Gasteiger partial charge >= 0.3 is 0 Å². The Labute approximate surface area is 121 Å². The third kappa shape index (κ3) is 2.61. The SMILES string of the molecule is NCc1cn2cccc(OCc3cccc(Cl)c3)c2n1. The lowest BCUT2D eigenvalue weighted by molar-refractivity contribution is 0.308. The van der Waals surface area contributed by atoms with Crippen LogP contribution in [-0.2, 0) is 13.2 Å². The first-order valence-corrected chi connectivity index (χ1v) is 6.68. The van der Waals surface area contributed by atoms with Crippen LogP contribution < -0.4 is 10.5 Å². The number of benzene rings is 1. The van der Waals surface area contributed by atoms with Crippen LogP contribution in [-0.4, -0.2) is 9.38 Å². The molecule has 0 spiro atoms. The van der Waals surface area contributed by atoms with Crippen LogP contribution in [0.15, 0.2) is 48.8 Å². The van der Waals surface area contributed by atoms with Crippen molar-refractivity contribution in [3.63, 3.8) is 0 Å². The van der Waals surface area contributed by atoms with E-state index in [0.29, 0.717) is 18.2 Å². The predicted molar refractivity (Wildman–Crippen MR) is 78.9 cm³/mol. The Balaban J connectivity index is 1.85. The maximum atomic E-state index is 5.96. The highest BCUT2D eigenvalue weighted by molar-refractivity contribution is 6.30. The summed E-state index contributed by atoms with van der Waals surface area (Å²) in [5.74, 6) is 0.729. The van der Waals surface area contributed by atoms with E-state index >= 15 is 0 Å². The van der Waals surface area contributed by atoms with E-state index in [0.717, 1.165) is 22.7 Å². The quantitative estimate of drug-likeness (QED) is 0.802. The van der Waals surface area contributed by atoms with Crippen molar-refractivity contribution in [2.45, 2.75) is 13.2 Å². The van der Waals surface area contributed by atoms with Gasteiger partial charge in [0.15, 0.2) is 11.4 Å². The van der Waals surface area contributed by atoms with Crippen molar-refractivity contribution in [1.82, 2.24) is 9.38 Å². The van der Waals surface area contributed by atoms with Gasteiger partial charge in [0, 0.05) is 24.0 Å². The van der Waals surface area contributed by atoms with Gasteiger partial charge in [0.2, 0.25) is 0 Å². The van der Waals surface area contributed by atoms with Crippen LogP contribution >= 0.6 is 11.6 Å². The molecule has 1 aromatic carbocycles. The second-order valence-corrected chi connectivity index (χ2v) is 4.89. The Bertz CT molecular complexity index is 739. The van der Waals surface area contributed by atoms with Crippen LogP contribution in [0.1, 0.15) is 11.3 Å². The molecule has 0 aliphatic heterocycles. The summed E-state index contributed by atoms with van der Waals surface area (Å²) in [6, 6.07) is 11.4. The summed E-state index contributed by atoms with van der Waals surface area (Å²) >= 11 is 5.96. The van der Waals surface area contributed by atoms with Crippen LogP contribution in [0.3, 0.4) is 0 Å². The van der Waals surface area contributed by atoms with Gasteiger partial charge in [0.1, 0.15) is 6.61 Å². The minimum absolute atomic E-state index is 0.412. The number of imidazole rings is 1. The molecule has 0 aliphatic carbocycles. The zero-order chi connectivity index (χ0) is 13.9. The van der Waals surface area contributed by atoms with Gasteiger partial charge in [-0.15, -0.1) is 0 Å². The maximum absolute atomic E-state index is 5.96. The molecule has 4 nitrogen and oxygen atoms in total. The number of hydrogen-bond acceptors (Lipinski definition) is 3. The van der Waals surface area contributed by atoms with E-state index < -0.39 is 0 Å². The lowest BCUT2D eigenvalue weighted by atomic mass is 10.2. The fourth-order valence-corrected chi connectivity index (χ4v) is 2.25. The van der Waals surface area contributed by atoms with Gasteiger partial charge in [-0.3, -0.25) is 0 Å². The fourth-order valence-electron chi connectivity index (χ4n) is 2.04. The van der Waals surface area contributed by atoms with E-state index in [1.54, 1.807) is 0 Å². The van der Waals surface area contributed by atoms with E-state index in [9.17, 15) is 0 Å². The third-order valence-corrected chi connectivity index (χ3v) is 3.22. The molecule has 2 N–H and O–H groups in total. The minimum Gasteiger partial charge on any atom is -0.485 e. The van der Waals surface area contributed by atoms with Crippen molar-refractivity contribution >= 4 is 17.2 Å². The monoisotopic (exact) mass is 287 g/mol. The highest BCUT2D eigenvalue weighted by Crippen LogP contribution is 2.21. The van der Waals surface area contributed by atoms with E-state index in [2.05, 4.69) is 4.98 Å². The number of fused-ring (bicyclic) bond motifs is 1. The summed E-state index contributed by atoms with van der Waals surface area (Å²) in [7, 11) is 0. The first-order valence-electron chi connectivity index (χ1n) is 6.30. The summed E-state index contributed by atoms with van der Waals surface area (Å²) in [6.07, 6.45) is 3.83. The summed E-state index contributed by atoms with van der Waals surface area (Å²) in [5.41, 5.74) is 8.24. The van der Waals surface area contributed by atoms with Gasteiger partial charge in [-0.25, -0.2) is 4.98 Å². The molecule has 0 aliphatic rings. The van der Waals surface area contributed by atoms with Crippen LogP contribution in [0, 0.1) is 0 Å². The van der Waals surface area contributed by atoms with Crippen molar-refractivity contribution in [2.24, 2.45) is 5.73 Å². The third-order valence-electron chi connectivity index (χ3n) is 2.99. The summed E-state index contributed by atoms with van der Waals surface area (Å²) in [6.45, 7) is 0.862. The average molecular weight is 288 g/mol. The van der Waals surface area contributed by atoms with E-state index in [1.807, 2.05) is 53.2 Å². The molecule has 0 unspecified atom stereocenters. The molecule has 0 radical (unpaired) electrons. The van der Waals surface area contributed by atoms with E-state index in [-0.39, 0.29) is 0 Å². The maximum Gasteiger partial charge on any atom is 0.179 e. The molecule has 0 fully saturated rings. The van der Waals surface area contributed by atoms with Crippen molar-refractivity contribution in [2.75, 3.05) is 0 Å². The number of nitrogens with zero attached hydrogens (tertiary/aromatic N) is 2. The molecule has 3 aromatic rings. The first-order chi connectivity index (χ1) is 9.76. The van der Waals surface area contributed by atoms with Crippen molar-refractivity contribution < 1.29 is 4.74 Å². The molecule has 3 rings (SSSR count). The number of halogens is 1. The fraction of sp³-hybridized carbons (Fsp3) is 0.133. The van der Waals surface area contributed by atoms with E-state index in [4.69, 9.17) is 22.1 Å². The number of pyridine rings is 1. The topological polar surface area (TPSA) is 52.5 Å². The van der Waals surface area contributed by atoms with Gasteiger partial charge < -0.3 is 14.9 Å². The predicted octanol–water partition coefficient (Wildman–Crippen LogP) is 3.03. The minimum atomic E-state index is 0.412. The zero-order valence-electron chi connectivity index (χ0n) is 10.8. The molecular formula is C15H14ClN3O. The lowest BCUT2D eigenvalue weighted by Crippen LogP contribution is -1.98. The Morgan fingerprint density at radius 2 is 2.15 bits per heavy atom. The molecule has 0 bridgehead atoms. The molecular weight excluding hydrogens is 274 g/mol. The molecule has 0 saturated carbocycles.